The number of carboxylic acids is 1. The van der Waals surface area contributed by atoms with Crippen molar-refractivity contribution in [3.05, 3.63) is 22.8 Å². The van der Waals surface area contributed by atoms with Gasteiger partial charge >= 0.3 is 5.97 Å². The van der Waals surface area contributed by atoms with Gasteiger partial charge < -0.3 is 19.3 Å². The zero-order valence-electron chi connectivity index (χ0n) is 10.4. The molecule has 0 aliphatic carbocycles. The van der Waals surface area contributed by atoms with Gasteiger partial charge in [-0.05, 0) is 25.0 Å². The van der Waals surface area contributed by atoms with Crippen molar-refractivity contribution in [2.45, 2.75) is 13.8 Å². The Hall–Kier alpha value is -1.75. The van der Waals surface area contributed by atoms with E-state index >= 15 is 0 Å². The molecular formula is C12H16O5. The van der Waals surface area contributed by atoms with E-state index in [1.807, 2.05) is 0 Å². The first kappa shape index (κ1) is 13.3. The second-order valence-corrected chi connectivity index (χ2v) is 3.56. The van der Waals surface area contributed by atoms with Gasteiger partial charge in [-0.15, -0.1) is 0 Å². The molecule has 0 radical (unpaired) electrons. The van der Waals surface area contributed by atoms with Crippen molar-refractivity contribution < 1.29 is 24.1 Å². The molecule has 0 heterocycles. The quantitative estimate of drug-likeness (QED) is 0.797. The van der Waals surface area contributed by atoms with Gasteiger partial charge in [0.25, 0.3) is 0 Å². The first-order valence-electron chi connectivity index (χ1n) is 5.06. The Morgan fingerprint density at radius 1 is 1.24 bits per heavy atom. The number of ether oxygens (including phenoxy) is 3. The first-order chi connectivity index (χ1) is 8.02. The topological polar surface area (TPSA) is 65.0 Å². The van der Waals surface area contributed by atoms with Crippen molar-refractivity contribution in [1.29, 1.82) is 0 Å². The maximum absolute atomic E-state index is 11.1. The molecular weight excluding hydrogens is 224 g/mol. The minimum absolute atomic E-state index is 0.107. The fourth-order valence-electron chi connectivity index (χ4n) is 1.56. The third-order valence-electron chi connectivity index (χ3n) is 2.58. The van der Waals surface area contributed by atoms with Crippen LogP contribution in [0.25, 0.3) is 0 Å². The van der Waals surface area contributed by atoms with Crippen molar-refractivity contribution in [2.24, 2.45) is 0 Å². The minimum atomic E-state index is -1.01. The number of carbonyl (C=O) groups is 1. The fourth-order valence-corrected chi connectivity index (χ4v) is 1.56. The standard InChI is InChI=1S/C12H16O5/c1-7-8(2)11(12(13)14)10(16-4)5-9(7)17-6-15-3/h5H,6H2,1-4H3,(H,13,14). The van der Waals surface area contributed by atoms with Crippen LogP contribution in [-0.2, 0) is 4.74 Å². The van der Waals surface area contributed by atoms with Crippen molar-refractivity contribution in [2.75, 3.05) is 21.0 Å². The summed E-state index contributed by atoms with van der Waals surface area (Å²) in [7, 11) is 2.95. The molecule has 0 aromatic heterocycles. The number of benzene rings is 1. The number of aromatic carboxylic acids is 1. The second-order valence-electron chi connectivity index (χ2n) is 3.56. The zero-order valence-corrected chi connectivity index (χ0v) is 10.4. The number of hydrogen-bond donors (Lipinski definition) is 1. The molecule has 0 atom stereocenters. The van der Waals surface area contributed by atoms with Gasteiger partial charge in [0.2, 0.25) is 0 Å². The third kappa shape index (κ3) is 2.68. The van der Waals surface area contributed by atoms with Gasteiger partial charge in [0.15, 0.2) is 6.79 Å². The molecule has 0 aliphatic rings. The van der Waals surface area contributed by atoms with E-state index in [1.54, 1.807) is 19.9 Å². The molecule has 0 unspecified atom stereocenters. The molecule has 0 aliphatic heterocycles. The molecule has 0 fully saturated rings. The molecule has 1 aromatic rings. The maximum Gasteiger partial charge on any atom is 0.339 e. The Labute approximate surface area is 99.9 Å². The van der Waals surface area contributed by atoms with E-state index < -0.39 is 5.97 Å². The smallest absolute Gasteiger partial charge is 0.339 e. The van der Waals surface area contributed by atoms with Crippen LogP contribution in [0.3, 0.4) is 0 Å². The summed E-state index contributed by atoms with van der Waals surface area (Å²) in [5, 5.41) is 9.12. The summed E-state index contributed by atoms with van der Waals surface area (Å²) in [4.78, 5) is 11.1. The molecule has 1 aromatic carbocycles. The third-order valence-corrected chi connectivity index (χ3v) is 2.58. The predicted molar refractivity (Wildman–Crippen MR) is 61.9 cm³/mol. The van der Waals surface area contributed by atoms with Crippen molar-refractivity contribution >= 4 is 5.97 Å². The summed E-state index contributed by atoms with van der Waals surface area (Å²) in [5.41, 5.74) is 1.55. The summed E-state index contributed by atoms with van der Waals surface area (Å²) in [5.74, 6) is -0.168. The van der Waals surface area contributed by atoms with Crippen LogP contribution in [-0.4, -0.2) is 32.1 Å². The number of carboxylic acid groups (broad SMARTS) is 1. The Morgan fingerprint density at radius 3 is 2.35 bits per heavy atom. The van der Waals surface area contributed by atoms with E-state index in [4.69, 9.17) is 19.3 Å². The summed E-state index contributed by atoms with van der Waals surface area (Å²) in [6, 6.07) is 1.56. The van der Waals surface area contributed by atoms with E-state index in [2.05, 4.69) is 0 Å². The Bertz CT molecular complexity index is 425. The largest absolute Gasteiger partial charge is 0.496 e. The van der Waals surface area contributed by atoms with Crippen LogP contribution in [0.15, 0.2) is 6.07 Å². The maximum atomic E-state index is 11.1. The first-order valence-corrected chi connectivity index (χ1v) is 5.06. The number of hydrogen-bond acceptors (Lipinski definition) is 4. The molecule has 0 spiro atoms. The highest BCUT2D eigenvalue weighted by molar-refractivity contribution is 5.93. The van der Waals surface area contributed by atoms with E-state index in [9.17, 15) is 4.79 Å². The lowest BCUT2D eigenvalue weighted by atomic mass is 10.0. The fraction of sp³-hybridized carbons (Fsp3) is 0.417. The van der Waals surface area contributed by atoms with Crippen molar-refractivity contribution in [1.82, 2.24) is 0 Å². The highest BCUT2D eigenvalue weighted by Gasteiger charge is 2.19. The van der Waals surface area contributed by atoms with Gasteiger partial charge in [0.1, 0.15) is 17.1 Å². The molecule has 94 valence electrons. The molecule has 17 heavy (non-hydrogen) atoms. The van der Waals surface area contributed by atoms with Gasteiger partial charge in [0.05, 0.1) is 7.11 Å². The molecule has 1 N–H and O–H groups in total. The van der Waals surface area contributed by atoms with Gasteiger partial charge in [-0.2, -0.15) is 0 Å². The summed E-state index contributed by atoms with van der Waals surface area (Å²) in [6.07, 6.45) is 0. The van der Waals surface area contributed by atoms with Crippen LogP contribution in [0, 0.1) is 13.8 Å². The minimum Gasteiger partial charge on any atom is -0.496 e. The Morgan fingerprint density at radius 2 is 1.88 bits per heavy atom. The molecule has 5 nitrogen and oxygen atoms in total. The lowest BCUT2D eigenvalue weighted by Gasteiger charge is -2.15. The summed E-state index contributed by atoms with van der Waals surface area (Å²) < 4.78 is 15.2. The van der Waals surface area contributed by atoms with Crippen LogP contribution >= 0.6 is 0 Å². The lowest BCUT2D eigenvalue weighted by Crippen LogP contribution is -2.08. The van der Waals surface area contributed by atoms with Crippen LogP contribution in [0.4, 0.5) is 0 Å². The molecule has 0 amide bonds. The second kappa shape index (κ2) is 5.54. The highest BCUT2D eigenvalue weighted by Crippen LogP contribution is 2.32. The van der Waals surface area contributed by atoms with Crippen LogP contribution in [0.1, 0.15) is 21.5 Å². The number of methoxy groups -OCH3 is 2. The van der Waals surface area contributed by atoms with E-state index in [0.717, 1.165) is 5.56 Å². The van der Waals surface area contributed by atoms with Gasteiger partial charge in [-0.25, -0.2) is 4.79 Å². The van der Waals surface area contributed by atoms with Gasteiger partial charge in [0, 0.05) is 13.2 Å². The van der Waals surface area contributed by atoms with E-state index in [1.165, 1.54) is 14.2 Å². The van der Waals surface area contributed by atoms with E-state index in [0.29, 0.717) is 11.3 Å². The van der Waals surface area contributed by atoms with E-state index in [-0.39, 0.29) is 18.1 Å². The van der Waals surface area contributed by atoms with Gasteiger partial charge in [-0.1, -0.05) is 0 Å². The van der Waals surface area contributed by atoms with Crippen LogP contribution in [0.5, 0.6) is 11.5 Å². The molecule has 0 saturated heterocycles. The molecule has 1 rings (SSSR count). The molecule has 5 heteroatoms. The van der Waals surface area contributed by atoms with Crippen LogP contribution < -0.4 is 9.47 Å². The monoisotopic (exact) mass is 240 g/mol. The van der Waals surface area contributed by atoms with Crippen molar-refractivity contribution in [3.8, 4) is 11.5 Å². The lowest BCUT2D eigenvalue weighted by molar-refractivity contribution is 0.0504. The predicted octanol–water partition coefficient (Wildman–Crippen LogP) is 1.99. The van der Waals surface area contributed by atoms with Crippen molar-refractivity contribution in [3.63, 3.8) is 0 Å². The van der Waals surface area contributed by atoms with Crippen LogP contribution in [0.2, 0.25) is 0 Å². The Kier molecular flexibility index (Phi) is 4.34. The normalized spacial score (nSPS) is 10.1. The molecule has 0 saturated carbocycles. The average molecular weight is 240 g/mol. The Balaban J connectivity index is 3.29. The highest BCUT2D eigenvalue weighted by atomic mass is 16.7. The summed E-state index contributed by atoms with van der Waals surface area (Å²) in [6.45, 7) is 3.63. The molecule has 0 bridgehead atoms. The average Bonchev–Trinajstić information content (AvgIpc) is 2.30. The van der Waals surface area contributed by atoms with Gasteiger partial charge in [-0.3, -0.25) is 0 Å². The number of rotatable bonds is 5. The summed E-state index contributed by atoms with van der Waals surface area (Å²) >= 11 is 0. The zero-order chi connectivity index (χ0) is 13.0. The SMILES string of the molecule is COCOc1cc(OC)c(C(=O)O)c(C)c1C.